The summed E-state index contributed by atoms with van der Waals surface area (Å²) in [6.45, 7) is 10.4. The highest BCUT2D eigenvalue weighted by Gasteiger charge is 2.33. The van der Waals surface area contributed by atoms with Crippen LogP contribution < -0.4 is 89.2 Å². The van der Waals surface area contributed by atoms with Crippen LogP contribution in [0.2, 0.25) is 0 Å². The summed E-state index contributed by atoms with van der Waals surface area (Å²) in [4.78, 5) is 0. The number of halogens is 3. The van der Waals surface area contributed by atoms with Gasteiger partial charge in [-0.3, -0.25) is 0 Å². The normalized spacial score (nSPS) is 10.0. The Morgan fingerprint density at radius 3 is 0.810 bits per heavy atom. The average Bonchev–Trinajstić information content (AvgIpc) is 0.805. The molecule has 0 aliphatic carbocycles. The molecule has 0 aliphatic rings. The third-order valence-corrected chi connectivity index (χ3v) is 19.5. The summed E-state index contributed by atoms with van der Waals surface area (Å²) in [5.41, 5.74) is 27.7. The molecule has 13 aromatic carbocycles. The number of hydrogen-bond acceptors (Lipinski definition) is 17. The summed E-state index contributed by atoms with van der Waals surface area (Å²) in [5, 5.41) is 45.9. The van der Waals surface area contributed by atoms with E-state index in [1.807, 2.05) is 251 Å². The van der Waals surface area contributed by atoms with Crippen LogP contribution in [-0.4, -0.2) is 106 Å². The highest BCUT2D eigenvalue weighted by Crippen LogP contribution is 2.39. The molecule has 0 heterocycles. The van der Waals surface area contributed by atoms with Gasteiger partial charge in [0.2, 0.25) is 0 Å². The lowest BCUT2D eigenvalue weighted by Crippen LogP contribution is -2.09. The molecule has 121 heavy (non-hydrogen) atoms. The lowest BCUT2D eigenvalue weighted by atomic mass is 9.99. The Kier molecular flexibility index (Phi) is 40.9. The Labute approximate surface area is 718 Å². The van der Waals surface area contributed by atoms with Crippen LogP contribution in [0.4, 0.5) is 98.5 Å². The van der Waals surface area contributed by atoms with E-state index in [1.54, 1.807) is 6.07 Å². The maximum atomic E-state index is 13.1. The first-order valence-corrected chi connectivity index (χ1v) is 40.4. The molecular weight excluding hydrogens is 1510 g/mol. The number of aryl methyl sites for hydroxylation is 5. The fourth-order valence-corrected chi connectivity index (χ4v) is 12.2. The number of hydrogen-bond donors (Lipinski definition) is 15. The first kappa shape index (κ1) is 96.1. The van der Waals surface area contributed by atoms with E-state index in [-0.39, 0.29) is 5.69 Å². The van der Waals surface area contributed by atoms with Crippen LogP contribution in [0.1, 0.15) is 51.4 Å². The van der Waals surface area contributed by atoms with Gasteiger partial charge in [-0.1, -0.05) is 79.7 Å². The summed E-state index contributed by atoms with van der Waals surface area (Å²) in [6.07, 6.45) is -2.38. The zero-order chi connectivity index (χ0) is 88.1. The van der Waals surface area contributed by atoms with Crippen LogP contribution in [0, 0.1) is 27.7 Å². The molecule has 0 spiro atoms. The summed E-state index contributed by atoms with van der Waals surface area (Å²) in [7, 11) is 28.3. The molecule has 0 fully saturated rings. The monoisotopic (exact) mass is 1640 g/mol. The molecule has 17 nitrogen and oxygen atoms in total. The summed E-state index contributed by atoms with van der Waals surface area (Å²) in [5.74, 6) is 3.42. The first-order chi connectivity index (χ1) is 58.5. The van der Waals surface area contributed by atoms with Gasteiger partial charge < -0.3 is 89.2 Å². The van der Waals surface area contributed by atoms with Crippen LogP contribution in [0.5, 0.6) is 23.0 Å². The SMILES string of the molecule is CCc1cccc(Oc2ccc(NC)cc2)c1.CNc1ccc(-c2ccc(NC)c(C(F)(F)F)c2)cc1C.CNc1ccc(-c2ccc(NC)c(C)c2)cc1C.CNc1ccc(C)c(NC)c1.CNc1ccc(Cc2ccc(NC)cc2)cc1.CNc1ccc(NC)cc1.CNc1ccc(Oc2ccc(NC)cc2)cc1.CNc1cccc(NC)c1. The second kappa shape index (κ2) is 51.4. The lowest BCUT2D eigenvalue weighted by Gasteiger charge is -2.15. The van der Waals surface area contributed by atoms with Crippen LogP contribution in [0.15, 0.2) is 285 Å². The molecule has 13 aromatic rings. The molecule has 638 valence electrons. The van der Waals surface area contributed by atoms with E-state index in [0.29, 0.717) is 5.56 Å². The Balaban J connectivity index is 0.000000217. The van der Waals surface area contributed by atoms with Gasteiger partial charge in [0.25, 0.3) is 0 Å². The molecule has 0 radical (unpaired) electrons. The van der Waals surface area contributed by atoms with Crippen molar-refractivity contribution in [1.82, 2.24) is 0 Å². The molecule has 0 amide bonds. The Morgan fingerprint density at radius 2 is 0.504 bits per heavy atom. The standard InChI is InChI=1S/C16H17F3N2.C16H20N2.C15H18N2.C15H17NO.C14H16N2O.C9H14N2.2C8H12N2/c1-10-8-11(4-6-14(10)20-2)12-5-7-15(21-3)13(9-12)16(17,18)19;1-11-9-13(5-7-15(11)17-3)14-6-8-16(18-4)12(2)10-14;1-16-14-7-3-12(4-8-14)11-13-5-9-15(17-2)10-6-13;1-3-12-5-4-6-15(11-12)17-14-9-7-13(16-2)8-10-14;1-15-11-3-7-13(8-4-11)17-14-9-5-12(16-2)6-10-14;1-7-4-5-8(10-2)6-9(7)11-3;1-9-7-3-5-8(10-2)6-4-7;1-9-7-4-3-5-8(6-7)10-2/h4-9,20-21H,1-3H3;5-10,17-18H,1-4H3;3-10,16-17H,11H2,1-2H3;4-11,16H,3H2,1-2H3;3-10,15-16H,1-2H3;4-6,10-11H,1-3H3;2*3-6,9-10H,1-2H3. The van der Waals surface area contributed by atoms with Crippen molar-refractivity contribution in [1.29, 1.82) is 0 Å². The van der Waals surface area contributed by atoms with Crippen molar-refractivity contribution in [3.05, 3.63) is 330 Å². The molecule has 13 rings (SSSR count). The van der Waals surface area contributed by atoms with Gasteiger partial charge in [0.15, 0.2) is 0 Å². The number of benzene rings is 13. The van der Waals surface area contributed by atoms with Crippen LogP contribution in [0.25, 0.3) is 22.3 Å². The summed E-state index contributed by atoms with van der Waals surface area (Å²) < 4.78 is 50.8. The first-order valence-electron chi connectivity index (χ1n) is 40.4. The Hall–Kier alpha value is -13.8. The van der Waals surface area contributed by atoms with E-state index in [1.165, 1.54) is 80.8 Å². The molecule has 0 bridgehead atoms. The van der Waals surface area contributed by atoms with E-state index in [9.17, 15) is 13.2 Å². The zero-order valence-corrected chi connectivity index (χ0v) is 74.0. The van der Waals surface area contributed by atoms with E-state index >= 15 is 0 Å². The summed E-state index contributed by atoms with van der Waals surface area (Å²) in [6, 6.07) is 94.3. The van der Waals surface area contributed by atoms with Gasteiger partial charge in [-0.05, 0) is 314 Å². The highest BCUT2D eigenvalue weighted by molar-refractivity contribution is 5.74. The maximum Gasteiger partial charge on any atom is 0.418 e. The zero-order valence-electron chi connectivity index (χ0n) is 74.0. The smallest absolute Gasteiger partial charge is 0.418 e. The van der Waals surface area contributed by atoms with E-state index in [2.05, 4.69) is 229 Å². The van der Waals surface area contributed by atoms with Gasteiger partial charge >= 0.3 is 6.18 Å². The van der Waals surface area contributed by atoms with Gasteiger partial charge in [0.1, 0.15) is 23.0 Å². The van der Waals surface area contributed by atoms with Crippen molar-refractivity contribution >= 4 is 85.3 Å². The third kappa shape index (κ3) is 32.2. The lowest BCUT2D eigenvalue weighted by molar-refractivity contribution is -0.136. The molecule has 0 aromatic heterocycles. The predicted octanol–water partition coefficient (Wildman–Crippen LogP) is 25.4. The number of alkyl halides is 3. The number of anilines is 15. The van der Waals surface area contributed by atoms with E-state index in [4.69, 9.17) is 9.47 Å². The molecular formula is C101H126F3N15O2. The van der Waals surface area contributed by atoms with Gasteiger partial charge in [0, 0.05) is 191 Å². The van der Waals surface area contributed by atoms with Crippen molar-refractivity contribution in [2.24, 2.45) is 0 Å². The minimum Gasteiger partial charge on any atom is -0.457 e. The second-order valence-electron chi connectivity index (χ2n) is 27.6. The van der Waals surface area contributed by atoms with Crippen LogP contribution in [0.3, 0.4) is 0 Å². The topological polar surface area (TPSA) is 199 Å². The Bertz CT molecular complexity index is 4870. The molecule has 0 aliphatic heterocycles. The van der Waals surface area contributed by atoms with E-state index < -0.39 is 11.7 Å². The number of nitrogens with one attached hydrogen (secondary N) is 15. The fraction of sp³-hybridized carbons (Fsp3) is 0.228. The molecule has 0 saturated heterocycles. The quantitative estimate of drug-likeness (QED) is 0.0272. The highest BCUT2D eigenvalue weighted by atomic mass is 19.4. The molecule has 0 saturated carbocycles. The molecule has 0 atom stereocenters. The molecule has 0 unspecified atom stereocenters. The minimum absolute atomic E-state index is 0.0785. The largest absolute Gasteiger partial charge is 0.457 e. The van der Waals surface area contributed by atoms with Crippen molar-refractivity contribution < 1.29 is 22.6 Å². The Morgan fingerprint density at radius 1 is 0.223 bits per heavy atom. The fourth-order valence-electron chi connectivity index (χ4n) is 12.2. The average molecular weight is 1640 g/mol. The van der Waals surface area contributed by atoms with Crippen molar-refractivity contribution in [3.8, 4) is 45.3 Å². The number of rotatable bonds is 24. The van der Waals surface area contributed by atoms with Crippen molar-refractivity contribution in [3.63, 3.8) is 0 Å². The molecule has 15 N–H and O–H groups in total. The van der Waals surface area contributed by atoms with Crippen LogP contribution >= 0.6 is 0 Å². The summed E-state index contributed by atoms with van der Waals surface area (Å²) >= 11 is 0. The maximum absolute atomic E-state index is 13.1. The van der Waals surface area contributed by atoms with Gasteiger partial charge in [-0.2, -0.15) is 13.2 Å². The molecule has 20 heteroatoms. The van der Waals surface area contributed by atoms with Gasteiger partial charge in [-0.15, -0.1) is 0 Å². The predicted molar refractivity (Wildman–Crippen MR) is 521 cm³/mol. The second-order valence-corrected chi connectivity index (χ2v) is 27.6. The minimum atomic E-state index is -4.38. The van der Waals surface area contributed by atoms with Crippen molar-refractivity contribution in [2.75, 3.05) is 185 Å². The van der Waals surface area contributed by atoms with E-state index in [0.717, 1.165) is 110 Å². The van der Waals surface area contributed by atoms with Crippen molar-refractivity contribution in [2.45, 2.75) is 53.6 Å². The third-order valence-electron chi connectivity index (χ3n) is 19.5. The van der Waals surface area contributed by atoms with Gasteiger partial charge in [0.05, 0.1) is 5.56 Å². The van der Waals surface area contributed by atoms with Gasteiger partial charge in [-0.25, -0.2) is 0 Å². The van der Waals surface area contributed by atoms with Crippen LogP contribution in [-0.2, 0) is 19.0 Å². The number of ether oxygens (including phenoxy) is 2.